The number of methoxy groups -OCH3 is 1. The maximum atomic E-state index is 13.6. The molecule has 3 fully saturated rings. The fourth-order valence-electron chi connectivity index (χ4n) is 9.07. The van der Waals surface area contributed by atoms with Gasteiger partial charge in [0.25, 0.3) is 5.91 Å². The van der Waals surface area contributed by atoms with E-state index in [2.05, 4.69) is 54.6 Å². The van der Waals surface area contributed by atoms with Crippen LogP contribution in [0, 0.1) is 5.92 Å². The number of hydrogen-bond acceptors (Lipinski definition) is 11. The molecule has 6 heterocycles. The van der Waals surface area contributed by atoms with Crippen molar-refractivity contribution in [2.24, 2.45) is 5.92 Å². The summed E-state index contributed by atoms with van der Waals surface area (Å²) in [5.41, 5.74) is 6.09. The van der Waals surface area contributed by atoms with E-state index in [9.17, 15) is 19.2 Å². The molecular formula is C44H46ClN7O6. The predicted octanol–water partition coefficient (Wildman–Crippen LogP) is 5.90. The van der Waals surface area contributed by atoms with Crippen LogP contribution >= 0.6 is 11.6 Å². The molecule has 0 aliphatic carbocycles. The molecule has 5 aromatic rings. The Morgan fingerprint density at radius 2 is 1.66 bits per heavy atom. The molecule has 4 aliphatic heterocycles. The van der Waals surface area contributed by atoms with Gasteiger partial charge < -0.3 is 29.2 Å². The standard InChI is InChI=1S/C44H46ClN7O6/c1-3-46-37-23-30(42-40(47-37)41(54)39-33(45)5-4-6-35(39)58-42)27-7-9-28(10-8-27)51-19-17-49(18-20-51)24-26-13-15-50(16-14-26)29-21-31-32(36(22-29)57-2)25-52(44(31)56)34-11-12-38(53)48-43(34)55/h4-10,21-23,26,34H,3,11-20,24-25H2,1-2H3,(H,46,47)(H,48,53,55). The number of benzene rings is 3. The highest BCUT2D eigenvalue weighted by Crippen LogP contribution is 2.39. The second kappa shape index (κ2) is 15.6. The first-order chi connectivity index (χ1) is 28.2. The number of anilines is 3. The lowest BCUT2D eigenvalue weighted by molar-refractivity contribution is -0.136. The van der Waals surface area contributed by atoms with E-state index in [0.717, 1.165) is 86.7 Å². The number of rotatable bonds is 9. The van der Waals surface area contributed by atoms with Gasteiger partial charge in [0.05, 0.1) is 29.6 Å². The average molecular weight is 804 g/mol. The van der Waals surface area contributed by atoms with Gasteiger partial charge in [-0.05, 0) is 74.1 Å². The number of amides is 3. The Morgan fingerprint density at radius 3 is 2.38 bits per heavy atom. The van der Waals surface area contributed by atoms with Crippen molar-refractivity contribution in [2.45, 2.75) is 45.2 Å². The molecule has 13 nitrogen and oxygen atoms in total. The molecule has 9 rings (SSSR count). The minimum absolute atomic E-state index is 0.190. The number of carbonyl (C=O) groups is 3. The van der Waals surface area contributed by atoms with E-state index in [-0.39, 0.29) is 29.2 Å². The SMILES string of the molecule is CCNc1cc(-c2ccc(N3CCN(CC4CCN(c5cc(OC)c6c(c5)C(=O)N(C5CCC(=O)NC5=O)C6)CC4)CC3)cc2)c2oc3cccc(Cl)c3c(=O)c2n1. The molecule has 14 heteroatoms. The number of fused-ring (bicyclic) bond motifs is 3. The largest absolute Gasteiger partial charge is 0.496 e. The van der Waals surface area contributed by atoms with Crippen molar-refractivity contribution in [3.8, 4) is 16.9 Å². The van der Waals surface area contributed by atoms with Crippen molar-refractivity contribution in [1.82, 2.24) is 20.1 Å². The highest BCUT2D eigenvalue weighted by molar-refractivity contribution is 6.35. The van der Waals surface area contributed by atoms with Gasteiger partial charge in [-0.15, -0.1) is 0 Å². The van der Waals surface area contributed by atoms with Crippen molar-refractivity contribution < 1.29 is 23.5 Å². The van der Waals surface area contributed by atoms with E-state index in [1.807, 2.05) is 25.1 Å². The van der Waals surface area contributed by atoms with Crippen LogP contribution in [-0.4, -0.2) is 98.0 Å². The minimum Gasteiger partial charge on any atom is -0.496 e. The van der Waals surface area contributed by atoms with E-state index >= 15 is 0 Å². The summed E-state index contributed by atoms with van der Waals surface area (Å²) < 4.78 is 12.1. The lowest BCUT2D eigenvalue weighted by Gasteiger charge is -2.40. The quantitative estimate of drug-likeness (QED) is 0.136. The van der Waals surface area contributed by atoms with Crippen molar-refractivity contribution in [2.75, 3.05) is 74.6 Å². The zero-order chi connectivity index (χ0) is 40.1. The van der Waals surface area contributed by atoms with Gasteiger partial charge in [-0.2, -0.15) is 0 Å². The fraction of sp³-hybridized carbons (Fsp3) is 0.386. The Hall–Kier alpha value is -5.66. The summed E-state index contributed by atoms with van der Waals surface area (Å²) in [6, 6.07) is 18.9. The molecule has 1 unspecified atom stereocenters. The number of imide groups is 1. The van der Waals surface area contributed by atoms with Crippen molar-refractivity contribution in [3.63, 3.8) is 0 Å². The maximum absolute atomic E-state index is 13.6. The molecule has 300 valence electrons. The predicted molar refractivity (Wildman–Crippen MR) is 225 cm³/mol. The Kier molecular flexibility index (Phi) is 10.2. The highest BCUT2D eigenvalue weighted by Gasteiger charge is 2.41. The third-order valence-electron chi connectivity index (χ3n) is 12.2. The molecule has 58 heavy (non-hydrogen) atoms. The zero-order valence-corrected chi connectivity index (χ0v) is 33.4. The van der Waals surface area contributed by atoms with Crippen LogP contribution in [0.2, 0.25) is 5.02 Å². The monoisotopic (exact) mass is 803 g/mol. The fourth-order valence-corrected chi connectivity index (χ4v) is 9.32. The molecular weight excluding hydrogens is 758 g/mol. The van der Waals surface area contributed by atoms with Gasteiger partial charge in [0.2, 0.25) is 17.2 Å². The van der Waals surface area contributed by atoms with Crippen LogP contribution in [0.3, 0.4) is 0 Å². The lowest BCUT2D eigenvalue weighted by Crippen LogP contribution is -2.52. The minimum atomic E-state index is -0.658. The lowest BCUT2D eigenvalue weighted by atomic mass is 9.95. The first kappa shape index (κ1) is 37.9. The number of halogens is 1. The van der Waals surface area contributed by atoms with Crippen LogP contribution in [0.1, 0.15) is 48.5 Å². The number of hydrogen-bond donors (Lipinski definition) is 2. The first-order valence-corrected chi connectivity index (χ1v) is 20.5. The number of nitrogens with zero attached hydrogens (tertiary/aromatic N) is 5. The Labute approximate surface area is 340 Å². The van der Waals surface area contributed by atoms with Gasteiger partial charge in [-0.25, -0.2) is 4.98 Å². The van der Waals surface area contributed by atoms with Crippen LogP contribution in [0.5, 0.6) is 5.75 Å². The zero-order valence-electron chi connectivity index (χ0n) is 32.7. The molecule has 4 aliphatic rings. The summed E-state index contributed by atoms with van der Waals surface area (Å²) >= 11 is 6.41. The Bertz CT molecular complexity index is 2490. The van der Waals surface area contributed by atoms with Crippen LogP contribution in [0.15, 0.2) is 69.9 Å². The number of carbonyl (C=O) groups excluding carboxylic acids is 3. The third-order valence-corrected chi connectivity index (χ3v) is 12.5. The van der Waals surface area contributed by atoms with Crippen molar-refractivity contribution in [3.05, 3.63) is 87.0 Å². The van der Waals surface area contributed by atoms with Gasteiger partial charge in [-0.3, -0.25) is 29.4 Å². The molecule has 3 amide bonds. The molecule has 3 aromatic carbocycles. The van der Waals surface area contributed by atoms with Gasteiger partial charge in [0.1, 0.15) is 23.2 Å². The van der Waals surface area contributed by atoms with Gasteiger partial charge in [-0.1, -0.05) is 29.8 Å². The second-order valence-electron chi connectivity index (χ2n) is 15.6. The summed E-state index contributed by atoms with van der Waals surface area (Å²) in [6.45, 7) is 9.61. The van der Waals surface area contributed by atoms with E-state index in [1.165, 1.54) is 0 Å². The molecule has 3 saturated heterocycles. The Morgan fingerprint density at radius 1 is 0.897 bits per heavy atom. The second-order valence-corrected chi connectivity index (χ2v) is 16.1. The molecule has 0 radical (unpaired) electrons. The summed E-state index contributed by atoms with van der Waals surface area (Å²) in [4.78, 5) is 65.0. The van der Waals surface area contributed by atoms with Crippen molar-refractivity contribution in [1.29, 1.82) is 0 Å². The van der Waals surface area contributed by atoms with Crippen LogP contribution in [-0.2, 0) is 16.1 Å². The highest BCUT2D eigenvalue weighted by atomic mass is 35.5. The van der Waals surface area contributed by atoms with Crippen LogP contribution in [0.4, 0.5) is 17.2 Å². The average Bonchev–Trinajstić information content (AvgIpc) is 3.56. The van der Waals surface area contributed by atoms with E-state index in [1.54, 1.807) is 30.2 Å². The molecule has 2 N–H and O–H groups in total. The third kappa shape index (κ3) is 7.00. The maximum Gasteiger partial charge on any atom is 0.255 e. The number of piperidine rings is 2. The van der Waals surface area contributed by atoms with Gasteiger partial charge in [0.15, 0.2) is 11.1 Å². The van der Waals surface area contributed by atoms with E-state index < -0.39 is 11.9 Å². The summed E-state index contributed by atoms with van der Waals surface area (Å²) in [5, 5.41) is 6.31. The van der Waals surface area contributed by atoms with E-state index in [0.29, 0.717) is 64.1 Å². The molecule has 2 aromatic heterocycles. The first-order valence-electron chi connectivity index (χ1n) is 20.2. The summed E-state index contributed by atoms with van der Waals surface area (Å²) in [6.07, 6.45) is 2.66. The normalized spacial score (nSPS) is 19.3. The molecule has 0 bridgehead atoms. The summed E-state index contributed by atoms with van der Waals surface area (Å²) in [5.74, 6) is 0.942. The topological polar surface area (TPSA) is 141 Å². The Balaban J connectivity index is 0.818. The number of piperazine rings is 1. The molecule has 0 spiro atoms. The van der Waals surface area contributed by atoms with Crippen LogP contribution in [0.25, 0.3) is 33.2 Å². The molecule has 0 saturated carbocycles. The summed E-state index contributed by atoms with van der Waals surface area (Å²) in [7, 11) is 1.62. The van der Waals surface area contributed by atoms with Crippen LogP contribution < -0.4 is 30.6 Å². The van der Waals surface area contributed by atoms with E-state index in [4.69, 9.17) is 20.8 Å². The molecule has 1 atom stereocenters. The number of aromatic nitrogens is 1. The van der Waals surface area contributed by atoms with Gasteiger partial charge >= 0.3 is 0 Å². The number of ether oxygens (including phenoxy) is 1. The van der Waals surface area contributed by atoms with Gasteiger partial charge in [0, 0.05) is 87.3 Å². The smallest absolute Gasteiger partial charge is 0.255 e. The number of pyridine rings is 1. The van der Waals surface area contributed by atoms with Crippen molar-refractivity contribution >= 4 is 68.6 Å². The number of nitrogens with one attached hydrogen (secondary N) is 2.